The second-order valence-electron chi connectivity index (χ2n) is 4.69. The van der Waals surface area contributed by atoms with Crippen LogP contribution in [0.2, 0.25) is 10.2 Å². The quantitative estimate of drug-likeness (QED) is 0.921. The zero-order valence-electron chi connectivity index (χ0n) is 11.8. The fourth-order valence-electron chi connectivity index (χ4n) is 2.32. The highest BCUT2D eigenvalue weighted by atomic mass is 35.5. The molecule has 0 radical (unpaired) electrons. The van der Waals surface area contributed by atoms with Crippen LogP contribution < -0.4 is 5.32 Å². The summed E-state index contributed by atoms with van der Waals surface area (Å²) >= 11 is 12.6. The SMILES string of the molecule is CCNC(Cc1c(C)nn(C)c1Cl)c1ccncc1Cl. The van der Waals surface area contributed by atoms with Gasteiger partial charge < -0.3 is 5.32 Å². The third-order valence-electron chi connectivity index (χ3n) is 3.31. The summed E-state index contributed by atoms with van der Waals surface area (Å²) in [6.07, 6.45) is 4.16. The molecule has 108 valence electrons. The summed E-state index contributed by atoms with van der Waals surface area (Å²) in [5.74, 6) is 0. The van der Waals surface area contributed by atoms with Gasteiger partial charge in [-0.25, -0.2) is 0 Å². The molecule has 0 saturated carbocycles. The molecule has 1 unspecified atom stereocenters. The molecule has 6 heteroatoms. The van der Waals surface area contributed by atoms with E-state index < -0.39 is 0 Å². The van der Waals surface area contributed by atoms with Crippen molar-refractivity contribution in [1.82, 2.24) is 20.1 Å². The van der Waals surface area contributed by atoms with Crippen molar-refractivity contribution in [3.05, 3.63) is 45.5 Å². The van der Waals surface area contributed by atoms with Crippen LogP contribution in [0.5, 0.6) is 0 Å². The Bertz CT molecular complexity index is 595. The van der Waals surface area contributed by atoms with Crippen LogP contribution in [0.1, 0.15) is 29.8 Å². The average Bonchev–Trinajstić information content (AvgIpc) is 2.65. The van der Waals surface area contributed by atoms with Crippen molar-refractivity contribution in [3.8, 4) is 0 Å². The Hall–Kier alpha value is -1.10. The van der Waals surface area contributed by atoms with Gasteiger partial charge in [0.25, 0.3) is 0 Å². The van der Waals surface area contributed by atoms with Crippen LogP contribution in [0.3, 0.4) is 0 Å². The Morgan fingerprint density at radius 1 is 1.40 bits per heavy atom. The molecule has 20 heavy (non-hydrogen) atoms. The molecule has 0 aliphatic carbocycles. The lowest BCUT2D eigenvalue weighted by atomic mass is 10.00. The third-order valence-corrected chi connectivity index (χ3v) is 4.10. The molecular formula is C14H18Cl2N4. The molecule has 0 bridgehead atoms. The predicted octanol–water partition coefficient (Wildman–Crippen LogP) is 3.32. The van der Waals surface area contributed by atoms with E-state index in [0.29, 0.717) is 10.2 Å². The Morgan fingerprint density at radius 2 is 2.15 bits per heavy atom. The number of nitrogens with zero attached hydrogens (tertiary/aromatic N) is 3. The summed E-state index contributed by atoms with van der Waals surface area (Å²) in [6, 6.07) is 2.03. The molecule has 0 fully saturated rings. The Balaban J connectivity index is 2.33. The van der Waals surface area contributed by atoms with Gasteiger partial charge in [-0.2, -0.15) is 5.10 Å². The van der Waals surface area contributed by atoms with Gasteiger partial charge in [-0.1, -0.05) is 30.1 Å². The molecule has 1 atom stereocenters. The number of likely N-dealkylation sites (N-methyl/N-ethyl adjacent to an activating group) is 1. The van der Waals surface area contributed by atoms with Crippen LogP contribution in [0, 0.1) is 6.92 Å². The van der Waals surface area contributed by atoms with Crippen molar-refractivity contribution in [2.45, 2.75) is 26.3 Å². The number of pyridine rings is 1. The monoisotopic (exact) mass is 312 g/mol. The number of rotatable bonds is 5. The molecule has 4 nitrogen and oxygen atoms in total. The van der Waals surface area contributed by atoms with Gasteiger partial charge in [0, 0.05) is 31.0 Å². The molecule has 0 aliphatic rings. The summed E-state index contributed by atoms with van der Waals surface area (Å²) in [6.45, 7) is 4.89. The Labute approximate surface area is 129 Å². The lowest BCUT2D eigenvalue weighted by molar-refractivity contribution is 0.548. The molecule has 2 aromatic rings. The number of hydrogen-bond donors (Lipinski definition) is 1. The topological polar surface area (TPSA) is 42.7 Å². The normalized spacial score (nSPS) is 12.7. The minimum Gasteiger partial charge on any atom is -0.310 e. The largest absolute Gasteiger partial charge is 0.310 e. The maximum Gasteiger partial charge on any atom is 0.130 e. The zero-order valence-corrected chi connectivity index (χ0v) is 13.3. The van der Waals surface area contributed by atoms with Gasteiger partial charge in [0.15, 0.2) is 0 Å². The highest BCUT2D eigenvalue weighted by Gasteiger charge is 2.19. The van der Waals surface area contributed by atoms with Crippen LogP contribution in [0.4, 0.5) is 0 Å². The number of hydrogen-bond acceptors (Lipinski definition) is 3. The molecule has 0 amide bonds. The van der Waals surface area contributed by atoms with Crippen LogP contribution >= 0.6 is 23.2 Å². The third kappa shape index (κ3) is 3.14. The lowest BCUT2D eigenvalue weighted by Gasteiger charge is -2.19. The summed E-state index contributed by atoms with van der Waals surface area (Å²) < 4.78 is 1.70. The predicted molar refractivity (Wildman–Crippen MR) is 82.3 cm³/mol. The van der Waals surface area contributed by atoms with Crippen LogP contribution in [-0.2, 0) is 13.5 Å². The highest BCUT2D eigenvalue weighted by molar-refractivity contribution is 6.31. The summed E-state index contributed by atoms with van der Waals surface area (Å²) in [7, 11) is 1.85. The smallest absolute Gasteiger partial charge is 0.130 e. The number of aryl methyl sites for hydroxylation is 2. The first kappa shape index (κ1) is 15.3. The van der Waals surface area contributed by atoms with E-state index in [0.717, 1.165) is 29.8 Å². The van der Waals surface area contributed by atoms with E-state index in [-0.39, 0.29) is 6.04 Å². The molecule has 2 rings (SSSR count). The number of aromatic nitrogens is 3. The molecule has 2 aromatic heterocycles. The van der Waals surface area contributed by atoms with Crippen molar-refractivity contribution in [3.63, 3.8) is 0 Å². The maximum absolute atomic E-state index is 6.31. The van der Waals surface area contributed by atoms with E-state index in [1.165, 1.54) is 0 Å². The molecule has 0 aliphatic heterocycles. The fraction of sp³-hybridized carbons (Fsp3) is 0.429. The maximum atomic E-state index is 6.31. The highest BCUT2D eigenvalue weighted by Crippen LogP contribution is 2.28. The van der Waals surface area contributed by atoms with Crippen molar-refractivity contribution in [2.75, 3.05) is 6.54 Å². The van der Waals surface area contributed by atoms with Gasteiger partial charge in [0.05, 0.1) is 10.7 Å². The van der Waals surface area contributed by atoms with Crippen molar-refractivity contribution in [1.29, 1.82) is 0 Å². The lowest BCUT2D eigenvalue weighted by Crippen LogP contribution is -2.23. The van der Waals surface area contributed by atoms with E-state index >= 15 is 0 Å². The molecule has 0 spiro atoms. The number of nitrogens with one attached hydrogen (secondary N) is 1. The van der Waals surface area contributed by atoms with Gasteiger partial charge in [0.1, 0.15) is 5.15 Å². The Morgan fingerprint density at radius 3 is 2.70 bits per heavy atom. The van der Waals surface area contributed by atoms with Gasteiger partial charge in [-0.3, -0.25) is 9.67 Å². The second kappa shape index (κ2) is 6.57. The van der Waals surface area contributed by atoms with Crippen LogP contribution in [0.25, 0.3) is 0 Å². The van der Waals surface area contributed by atoms with Crippen LogP contribution in [0.15, 0.2) is 18.5 Å². The Kier molecular flexibility index (Phi) is 5.02. The standard InChI is InChI=1S/C14H18Cl2N4/c1-4-18-13(10-5-6-17-8-12(10)15)7-11-9(2)19-20(3)14(11)16/h5-6,8,13,18H,4,7H2,1-3H3. The summed E-state index contributed by atoms with van der Waals surface area (Å²) in [5, 5.41) is 9.14. The fourth-order valence-corrected chi connectivity index (χ4v) is 2.82. The molecule has 2 heterocycles. The first-order chi connectivity index (χ1) is 9.54. The molecule has 0 aromatic carbocycles. The number of halogens is 2. The van der Waals surface area contributed by atoms with Gasteiger partial charge in [-0.05, 0) is 31.5 Å². The van der Waals surface area contributed by atoms with Crippen molar-refractivity contribution >= 4 is 23.2 Å². The zero-order chi connectivity index (χ0) is 14.7. The molecule has 1 N–H and O–H groups in total. The van der Waals surface area contributed by atoms with Gasteiger partial charge >= 0.3 is 0 Å². The first-order valence-electron chi connectivity index (χ1n) is 6.55. The van der Waals surface area contributed by atoms with E-state index in [1.54, 1.807) is 17.1 Å². The molecular weight excluding hydrogens is 295 g/mol. The first-order valence-corrected chi connectivity index (χ1v) is 7.31. The summed E-state index contributed by atoms with van der Waals surface area (Å²) in [5.41, 5.74) is 3.03. The minimum atomic E-state index is 0.0934. The van der Waals surface area contributed by atoms with E-state index in [1.807, 2.05) is 20.0 Å². The second-order valence-corrected chi connectivity index (χ2v) is 5.46. The van der Waals surface area contributed by atoms with Crippen LogP contribution in [-0.4, -0.2) is 21.3 Å². The van der Waals surface area contributed by atoms with Crippen molar-refractivity contribution in [2.24, 2.45) is 7.05 Å². The van der Waals surface area contributed by atoms with Gasteiger partial charge in [-0.15, -0.1) is 0 Å². The van der Waals surface area contributed by atoms with Gasteiger partial charge in [0.2, 0.25) is 0 Å². The van der Waals surface area contributed by atoms with E-state index in [2.05, 4.69) is 22.3 Å². The minimum absolute atomic E-state index is 0.0934. The molecule has 0 saturated heterocycles. The van der Waals surface area contributed by atoms with E-state index in [4.69, 9.17) is 23.2 Å². The summed E-state index contributed by atoms with van der Waals surface area (Å²) in [4.78, 5) is 4.03. The van der Waals surface area contributed by atoms with E-state index in [9.17, 15) is 0 Å². The average molecular weight is 313 g/mol. The van der Waals surface area contributed by atoms with Crippen molar-refractivity contribution < 1.29 is 0 Å².